The number of ether oxygens (including phenoxy) is 2. The van der Waals surface area contributed by atoms with Crippen molar-refractivity contribution in [3.63, 3.8) is 0 Å². The largest absolute Gasteiger partial charge is 0.468 e. The van der Waals surface area contributed by atoms with E-state index in [1.807, 2.05) is 19.1 Å². The van der Waals surface area contributed by atoms with E-state index in [2.05, 4.69) is 5.32 Å². The first kappa shape index (κ1) is 12.2. The molecule has 0 spiro atoms. The average Bonchev–Trinajstić information content (AvgIpc) is 2.75. The van der Waals surface area contributed by atoms with Crippen LogP contribution < -0.4 is 5.32 Å². The van der Waals surface area contributed by atoms with Crippen LogP contribution >= 0.6 is 0 Å². The third kappa shape index (κ3) is 6.28. The van der Waals surface area contributed by atoms with Crippen molar-refractivity contribution in [1.82, 2.24) is 5.32 Å². The van der Waals surface area contributed by atoms with Gasteiger partial charge >= 0.3 is 0 Å². The zero-order chi connectivity index (χ0) is 10.8. The summed E-state index contributed by atoms with van der Waals surface area (Å²) in [5, 5.41) is 3.22. The second-order valence-electron chi connectivity index (χ2n) is 3.07. The smallest absolute Gasteiger partial charge is 0.117 e. The molecule has 15 heavy (non-hydrogen) atoms. The fourth-order valence-corrected chi connectivity index (χ4v) is 1.13. The van der Waals surface area contributed by atoms with Crippen LogP contribution in [-0.2, 0) is 16.0 Å². The summed E-state index contributed by atoms with van der Waals surface area (Å²) < 4.78 is 15.6. The van der Waals surface area contributed by atoms with E-state index >= 15 is 0 Å². The fourth-order valence-electron chi connectivity index (χ4n) is 1.13. The fraction of sp³-hybridized carbons (Fsp3) is 0.636. The Hall–Kier alpha value is -0.840. The first-order valence-electron chi connectivity index (χ1n) is 5.32. The van der Waals surface area contributed by atoms with Gasteiger partial charge in [-0.05, 0) is 19.1 Å². The van der Waals surface area contributed by atoms with Gasteiger partial charge in [-0.25, -0.2) is 0 Å². The van der Waals surface area contributed by atoms with Crippen LogP contribution in [0.15, 0.2) is 22.8 Å². The number of nitrogens with one attached hydrogen (secondary N) is 1. The van der Waals surface area contributed by atoms with Crippen molar-refractivity contribution in [3.05, 3.63) is 24.2 Å². The lowest BCUT2D eigenvalue weighted by Gasteiger charge is -2.05. The quantitative estimate of drug-likeness (QED) is 0.630. The minimum Gasteiger partial charge on any atom is -0.468 e. The second kappa shape index (κ2) is 8.47. The van der Waals surface area contributed by atoms with Crippen molar-refractivity contribution in [1.29, 1.82) is 0 Å². The molecule has 0 amide bonds. The van der Waals surface area contributed by atoms with E-state index in [1.54, 1.807) is 6.26 Å². The van der Waals surface area contributed by atoms with Gasteiger partial charge in [-0.1, -0.05) is 0 Å². The Morgan fingerprint density at radius 2 is 2.13 bits per heavy atom. The van der Waals surface area contributed by atoms with Gasteiger partial charge in [0.05, 0.1) is 32.6 Å². The maximum absolute atomic E-state index is 5.34. The highest BCUT2D eigenvalue weighted by molar-refractivity contribution is 4.97. The maximum atomic E-state index is 5.34. The third-order valence-corrected chi connectivity index (χ3v) is 1.88. The molecule has 1 aromatic heterocycles. The Morgan fingerprint density at radius 3 is 2.87 bits per heavy atom. The zero-order valence-electron chi connectivity index (χ0n) is 9.20. The molecule has 4 heteroatoms. The molecule has 0 atom stereocenters. The van der Waals surface area contributed by atoms with E-state index in [9.17, 15) is 0 Å². The molecule has 1 aromatic rings. The van der Waals surface area contributed by atoms with Crippen LogP contribution in [0.3, 0.4) is 0 Å². The topological polar surface area (TPSA) is 43.6 Å². The Bertz CT molecular complexity index is 224. The molecule has 0 saturated carbocycles. The van der Waals surface area contributed by atoms with Crippen molar-refractivity contribution in [2.45, 2.75) is 13.5 Å². The summed E-state index contributed by atoms with van der Waals surface area (Å²) in [6.07, 6.45) is 1.68. The molecule has 0 unspecified atom stereocenters. The van der Waals surface area contributed by atoms with Gasteiger partial charge in [0.25, 0.3) is 0 Å². The van der Waals surface area contributed by atoms with Gasteiger partial charge in [-0.15, -0.1) is 0 Å². The summed E-state index contributed by atoms with van der Waals surface area (Å²) in [6.45, 7) is 6.35. The molecule has 0 aliphatic heterocycles. The highest BCUT2D eigenvalue weighted by Gasteiger charge is 1.93. The molecule has 0 aliphatic rings. The van der Waals surface area contributed by atoms with Gasteiger partial charge in [-0.3, -0.25) is 0 Å². The number of rotatable bonds is 9. The lowest BCUT2D eigenvalue weighted by atomic mass is 10.4. The number of furan rings is 1. The van der Waals surface area contributed by atoms with Crippen LogP contribution in [0.4, 0.5) is 0 Å². The van der Waals surface area contributed by atoms with Crippen molar-refractivity contribution < 1.29 is 13.9 Å². The molecule has 0 saturated heterocycles. The lowest BCUT2D eigenvalue weighted by molar-refractivity contribution is 0.0538. The average molecular weight is 213 g/mol. The molecule has 0 aliphatic carbocycles. The van der Waals surface area contributed by atoms with Crippen LogP contribution in [0.2, 0.25) is 0 Å². The minimum atomic E-state index is 0.663. The molecule has 0 bridgehead atoms. The van der Waals surface area contributed by atoms with E-state index in [1.165, 1.54) is 0 Å². The molecule has 1 heterocycles. The lowest BCUT2D eigenvalue weighted by Crippen LogP contribution is -2.20. The summed E-state index contributed by atoms with van der Waals surface area (Å²) in [5.41, 5.74) is 0. The normalized spacial score (nSPS) is 10.7. The summed E-state index contributed by atoms with van der Waals surface area (Å²) in [5.74, 6) is 0.948. The van der Waals surface area contributed by atoms with Gasteiger partial charge in [0.1, 0.15) is 5.76 Å². The molecule has 4 nitrogen and oxygen atoms in total. The Balaban J connectivity index is 1.81. The Morgan fingerprint density at radius 1 is 1.27 bits per heavy atom. The highest BCUT2D eigenvalue weighted by atomic mass is 16.5. The van der Waals surface area contributed by atoms with E-state index in [0.717, 1.165) is 25.5 Å². The number of hydrogen-bond donors (Lipinski definition) is 1. The van der Waals surface area contributed by atoms with Crippen LogP contribution in [0, 0.1) is 0 Å². The molecule has 1 rings (SSSR count). The molecule has 0 fully saturated rings. The van der Waals surface area contributed by atoms with Gasteiger partial charge in [0, 0.05) is 13.2 Å². The van der Waals surface area contributed by atoms with Crippen molar-refractivity contribution in [2.75, 3.05) is 33.0 Å². The standard InChI is InChI=1S/C11H19NO3/c1-2-13-8-9-14-7-5-12-10-11-4-3-6-15-11/h3-4,6,12H,2,5,7-10H2,1H3. The molecular weight excluding hydrogens is 194 g/mol. The molecule has 1 N–H and O–H groups in total. The van der Waals surface area contributed by atoms with Gasteiger partial charge in [0.15, 0.2) is 0 Å². The van der Waals surface area contributed by atoms with Crippen molar-refractivity contribution in [2.24, 2.45) is 0 Å². The van der Waals surface area contributed by atoms with Gasteiger partial charge in [-0.2, -0.15) is 0 Å². The van der Waals surface area contributed by atoms with Crippen LogP contribution in [0.5, 0.6) is 0 Å². The van der Waals surface area contributed by atoms with Gasteiger partial charge < -0.3 is 19.2 Å². The SMILES string of the molecule is CCOCCOCCNCc1ccco1. The van der Waals surface area contributed by atoms with Crippen LogP contribution in [0.1, 0.15) is 12.7 Å². The van der Waals surface area contributed by atoms with Crippen LogP contribution in [-0.4, -0.2) is 33.0 Å². The van der Waals surface area contributed by atoms with E-state index in [4.69, 9.17) is 13.9 Å². The third-order valence-electron chi connectivity index (χ3n) is 1.88. The van der Waals surface area contributed by atoms with Gasteiger partial charge in [0.2, 0.25) is 0 Å². The monoisotopic (exact) mass is 213 g/mol. The predicted molar refractivity (Wildman–Crippen MR) is 57.7 cm³/mol. The van der Waals surface area contributed by atoms with Crippen LogP contribution in [0.25, 0.3) is 0 Å². The van der Waals surface area contributed by atoms with E-state index in [0.29, 0.717) is 19.8 Å². The number of hydrogen-bond acceptors (Lipinski definition) is 4. The van der Waals surface area contributed by atoms with Crippen molar-refractivity contribution >= 4 is 0 Å². The maximum Gasteiger partial charge on any atom is 0.117 e. The second-order valence-corrected chi connectivity index (χ2v) is 3.07. The molecule has 0 aromatic carbocycles. The molecular formula is C11H19NO3. The van der Waals surface area contributed by atoms with E-state index in [-0.39, 0.29) is 0 Å². The summed E-state index contributed by atoms with van der Waals surface area (Å²) in [4.78, 5) is 0. The Kier molecular flexibility index (Phi) is 6.90. The summed E-state index contributed by atoms with van der Waals surface area (Å²) in [6, 6.07) is 3.83. The summed E-state index contributed by atoms with van der Waals surface area (Å²) in [7, 11) is 0. The zero-order valence-corrected chi connectivity index (χ0v) is 9.20. The molecule has 0 radical (unpaired) electrons. The molecule has 86 valence electrons. The predicted octanol–water partition coefficient (Wildman–Crippen LogP) is 1.42. The minimum absolute atomic E-state index is 0.663. The first-order chi connectivity index (χ1) is 7.43. The highest BCUT2D eigenvalue weighted by Crippen LogP contribution is 1.97. The first-order valence-corrected chi connectivity index (χ1v) is 5.32. The van der Waals surface area contributed by atoms with Crippen molar-refractivity contribution in [3.8, 4) is 0 Å². The van der Waals surface area contributed by atoms with E-state index < -0.39 is 0 Å². The Labute approximate surface area is 90.6 Å². The summed E-state index contributed by atoms with van der Waals surface area (Å²) >= 11 is 0.